The summed E-state index contributed by atoms with van der Waals surface area (Å²) in [5.74, 6) is 1.28. The van der Waals surface area contributed by atoms with Gasteiger partial charge in [0.05, 0.1) is 6.61 Å². The minimum Gasteiger partial charge on any atom is -0.493 e. The van der Waals surface area contributed by atoms with E-state index in [1.807, 2.05) is 13.8 Å². The first kappa shape index (κ1) is 17.3. The molecule has 0 atom stereocenters. The van der Waals surface area contributed by atoms with Crippen molar-refractivity contribution < 1.29 is 9.94 Å². The summed E-state index contributed by atoms with van der Waals surface area (Å²) in [6.07, 6.45) is 2.81. The number of nitrogens with zero attached hydrogens (tertiary/aromatic N) is 1. The minimum absolute atomic E-state index is 0.273. The van der Waals surface area contributed by atoms with Crippen LogP contribution in [0.25, 0.3) is 0 Å². The molecule has 1 rings (SSSR count). The van der Waals surface area contributed by atoms with E-state index < -0.39 is 0 Å². The van der Waals surface area contributed by atoms with Crippen LogP contribution in [-0.2, 0) is 0 Å². The normalized spacial score (nSPS) is 12.5. The van der Waals surface area contributed by atoms with Crippen molar-refractivity contribution in [2.24, 2.45) is 16.3 Å². The van der Waals surface area contributed by atoms with Crippen molar-refractivity contribution >= 4 is 5.84 Å². The second-order valence-electron chi connectivity index (χ2n) is 6.40. The van der Waals surface area contributed by atoms with Crippen LogP contribution >= 0.6 is 0 Å². The van der Waals surface area contributed by atoms with Crippen LogP contribution < -0.4 is 10.5 Å². The summed E-state index contributed by atoms with van der Waals surface area (Å²) in [6.45, 7) is 10.9. The lowest BCUT2D eigenvalue weighted by Crippen LogP contribution is -2.31. The van der Waals surface area contributed by atoms with Crippen molar-refractivity contribution in [3.05, 3.63) is 28.8 Å². The lowest BCUT2D eigenvalue weighted by Gasteiger charge is -2.22. The predicted molar refractivity (Wildman–Crippen MR) is 87.2 cm³/mol. The number of hydrogen-bond donors (Lipinski definition) is 2. The molecule has 3 N–H and O–H groups in total. The van der Waals surface area contributed by atoms with E-state index in [1.165, 1.54) is 16.7 Å². The number of rotatable bonds is 7. The topological polar surface area (TPSA) is 67.8 Å². The molecule has 0 unspecified atom stereocenters. The molecule has 0 fully saturated rings. The Balaban J connectivity index is 2.42. The molecule has 1 aromatic rings. The van der Waals surface area contributed by atoms with Crippen molar-refractivity contribution in [3.63, 3.8) is 0 Å². The summed E-state index contributed by atoms with van der Waals surface area (Å²) < 4.78 is 5.91. The van der Waals surface area contributed by atoms with Crippen LogP contribution in [0.3, 0.4) is 0 Å². The number of ether oxygens (including phenoxy) is 1. The van der Waals surface area contributed by atoms with E-state index in [9.17, 15) is 0 Å². The molecule has 0 aromatic heterocycles. The molecular weight excluding hydrogens is 264 g/mol. The summed E-state index contributed by atoms with van der Waals surface area (Å²) in [4.78, 5) is 0. The number of benzene rings is 1. The van der Waals surface area contributed by atoms with E-state index in [2.05, 4.69) is 38.1 Å². The molecule has 0 spiro atoms. The molecule has 118 valence electrons. The average Bonchev–Trinajstić information content (AvgIpc) is 2.39. The molecule has 0 heterocycles. The largest absolute Gasteiger partial charge is 0.493 e. The van der Waals surface area contributed by atoms with Gasteiger partial charge >= 0.3 is 0 Å². The van der Waals surface area contributed by atoms with E-state index in [0.717, 1.165) is 25.0 Å². The van der Waals surface area contributed by atoms with Crippen LogP contribution in [0.4, 0.5) is 0 Å². The van der Waals surface area contributed by atoms with Crippen molar-refractivity contribution in [2.45, 2.75) is 53.9 Å². The van der Waals surface area contributed by atoms with Crippen LogP contribution in [0.15, 0.2) is 17.3 Å². The Kier molecular flexibility index (Phi) is 6.06. The Hall–Kier alpha value is -1.71. The number of oxime groups is 1. The number of aryl methyl sites for hydroxylation is 3. The van der Waals surface area contributed by atoms with Crippen molar-refractivity contribution in [2.75, 3.05) is 6.61 Å². The van der Waals surface area contributed by atoms with Gasteiger partial charge in [-0.05, 0) is 51.2 Å². The van der Waals surface area contributed by atoms with E-state index in [-0.39, 0.29) is 11.3 Å². The van der Waals surface area contributed by atoms with E-state index >= 15 is 0 Å². The summed E-state index contributed by atoms with van der Waals surface area (Å²) in [6, 6.07) is 4.29. The maximum Gasteiger partial charge on any atom is 0.144 e. The van der Waals surface area contributed by atoms with Crippen molar-refractivity contribution in [1.29, 1.82) is 0 Å². The first-order valence-electron chi connectivity index (χ1n) is 7.46. The number of nitrogens with two attached hydrogens (primary N) is 1. The molecule has 0 aliphatic rings. The molecular formula is C17H28N2O2. The Morgan fingerprint density at radius 2 is 1.76 bits per heavy atom. The zero-order chi connectivity index (χ0) is 16.0. The van der Waals surface area contributed by atoms with Gasteiger partial charge in [-0.1, -0.05) is 36.7 Å². The monoisotopic (exact) mass is 292 g/mol. The average molecular weight is 292 g/mol. The summed E-state index contributed by atoms with van der Waals surface area (Å²) >= 11 is 0. The van der Waals surface area contributed by atoms with Gasteiger partial charge in [0.15, 0.2) is 0 Å². The van der Waals surface area contributed by atoms with Gasteiger partial charge in [0.2, 0.25) is 0 Å². The maximum atomic E-state index is 8.74. The first-order chi connectivity index (χ1) is 9.77. The molecule has 0 aliphatic heterocycles. The van der Waals surface area contributed by atoms with Crippen LogP contribution in [0.2, 0.25) is 0 Å². The van der Waals surface area contributed by atoms with Crippen LogP contribution in [0.1, 0.15) is 49.8 Å². The molecule has 21 heavy (non-hydrogen) atoms. The van der Waals surface area contributed by atoms with Gasteiger partial charge in [-0.25, -0.2) is 0 Å². The second kappa shape index (κ2) is 7.34. The van der Waals surface area contributed by atoms with Crippen molar-refractivity contribution in [1.82, 2.24) is 0 Å². The third-order valence-corrected chi connectivity index (χ3v) is 3.85. The Morgan fingerprint density at radius 3 is 2.29 bits per heavy atom. The zero-order valence-electron chi connectivity index (χ0n) is 13.9. The van der Waals surface area contributed by atoms with Crippen LogP contribution in [-0.4, -0.2) is 17.6 Å². The van der Waals surface area contributed by atoms with Crippen LogP contribution in [0, 0.1) is 26.2 Å². The molecule has 0 aliphatic carbocycles. The van der Waals surface area contributed by atoms with Crippen molar-refractivity contribution in [3.8, 4) is 5.75 Å². The highest BCUT2D eigenvalue weighted by atomic mass is 16.5. The van der Waals surface area contributed by atoms with E-state index in [0.29, 0.717) is 6.61 Å². The quantitative estimate of drug-likeness (QED) is 0.263. The third kappa shape index (κ3) is 4.96. The predicted octanol–water partition coefficient (Wildman–Crippen LogP) is 3.93. The van der Waals surface area contributed by atoms with Gasteiger partial charge in [-0.2, -0.15) is 0 Å². The first-order valence-corrected chi connectivity index (χ1v) is 7.46. The van der Waals surface area contributed by atoms with E-state index in [4.69, 9.17) is 15.7 Å². The minimum atomic E-state index is -0.273. The lowest BCUT2D eigenvalue weighted by atomic mass is 9.86. The van der Waals surface area contributed by atoms with Gasteiger partial charge in [-0.3, -0.25) is 0 Å². The highest BCUT2D eigenvalue weighted by Crippen LogP contribution is 2.26. The van der Waals surface area contributed by atoms with Gasteiger partial charge in [0.25, 0.3) is 0 Å². The Labute approximate surface area is 128 Å². The molecule has 0 saturated carbocycles. The molecule has 4 heteroatoms. The Morgan fingerprint density at radius 1 is 1.19 bits per heavy atom. The smallest absolute Gasteiger partial charge is 0.144 e. The second-order valence-corrected chi connectivity index (χ2v) is 6.40. The SMILES string of the molecule is Cc1cc(C)c(OCCCCC(C)(C)/C(N)=N/O)c(C)c1. The molecule has 0 bridgehead atoms. The Bertz CT molecular complexity index is 485. The van der Waals surface area contributed by atoms with Gasteiger partial charge in [-0.15, -0.1) is 0 Å². The number of hydrogen-bond acceptors (Lipinski definition) is 3. The standard InChI is InChI=1S/C17H28N2O2/c1-12-10-13(2)15(14(3)11-12)21-9-7-6-8-17(4,5)16(18)19-20/h10-11,20H,6-9H2,1-5H3,(H2,18,19). The lowest BCUT2D eigenvalue weighted by molar-refractivity contribution is 0.286. The van der Waals surface area contributed by atoms with Gasteiger partial charge < -0.3 is 15.7 Å². The third-order valence-electron chi connectivity index (χ3n) is 3.85. The van der Waals surface area contributed by atoms with Gasteiger partial charge in [0, 0.05) is 5.41 Å². The molecule has 1 aromatic carbocycles. The van der Waals surface area contributed by atoms with Crippen LogP contribution in [0.5, 0.6) is 5.75 Å². The highest BCUT2D eigenvalue weighted by molar-refractivity contribution is 5.85. The fourth-order valence-corrected chi connectivity index (χ4v) is 2.50. The summed E-state index contributed by atoms with van der Waals surface area (Å²) in [5.41, 5.74) is 9.04. The highest BCUT2D eigenvalue weighted by Gasteiger charge is 2.22. The molecule has 0 amide bonds. The molecule has 0 saturated heterocycles. The molecule has 4 nitrogen and oxygen atoms in total. The fraction of sp³-hybridized carbons (Fsp3) is 0.588. The molecule has 0 radical (unpaired) electrons. The number of amidine groups is 1. The maximum absolute atomic E-state index is 8.74. The fourth-order valence-electron chi connectivity index (χ4n) is 2.50. The summed E-state index contributed by atoms with van der Waals surface area (Å²) in [5, 5.41) is 11.8. The summed E-state index contributed by atoms with van der Waals surface area (Å²) in [7, 11) is 0. The zero-order valence-corrected chi connectivity index (χ0v) is 13.9. The van der Waals surface area contributed by atoms with E-state index in [1.54, 1.807) is 0 Å². The number of unbranched alkanes of at least 4 members (excludes halogenated alkanes) is 1. The van der Waals surface area contributed by atoms with Gasteiger partial charge in [0.1, 0.15) is 11.6 Å².